The summed E-state index contributed by atoms with van der Waals surface area (Å²) in [5.74, 6) is 0.670. The first kappa shape index (κ1) is 29.3. The molecule has 1 aromatic heterocycles. The minimum Gasteiger partial charge on any atom is -0.616 e. The van der Waals surface area contributed by atoms with E-state index in [1.54, 1.807) is 18.5 Å². The SMILES string of the molecule is CCCCCc1ccc2cc(CCCOCC(C[S+]([O-])CCOCCO)Oc3ncccn3)ccc2c1. The molecular weight excluding hydrogens is 488 g/mol. The maximum Gasteiger partial charge on any atom is 0.316 e. The van der Waals surface area contributed by atoms with Gasteiger partial charge < -0.3 is 23.9 Å². The van der Waals surface area contributed by atoms with Crippen LogP contribution in [-0.2, 0) is 33.5 Å². The van der Waals surface area contributed by atoms with E-state index in [0.29, 0.717) is 31.3 Å². The molecule has 0 fully saturated rings. The molecule has 2 atom stereocenters. The third-order valence-corrected chi connectivity index (χ3v) is 7.34. The molecule has 0 aliphatic rings. The lowest BCUT2D eigenvalue weighted by molar-refractivity contribution is 0.0542. The molecular formula is C29H40N2O5S. The average Bonchev–Trinajstić information content (AvgIpc) is 2.91. The molecule has 0 amide bonds. The summed E-state index contributed by atoms with van der Waals surface area (Å²) < 4.78 is 29.4. The molecule has 37 heavy (non-hydrogen) atoms. The number of aliphatic hydroxyl groups excluding tert-OH is 1. The Morgan fingerprint density at radius 2 is 1.59 bits per heavy atom. The van der Waals surface area contributed by atoms with Gasteiger partial charge in [0.15, 0.2) is 6.10 Å². The fraction of sp³-hybridized carbons (Fsp3) is 0.517. The summed E-state index contributed by atoms with van der Waals surface area (Å²) >= 11 is -1.15. The van der Waals surface area contributed by atoms with E-state index < -0.39 is 17.3 Å². The molecule has 0 aliphatic heterocycles. The van der Waals surface area contributed by atoms with Crippen LogP contribution in [0, 0.1) is 0 Å². The van der Waals surface area contributed by atoms with Crippen LogP contribution in [0.25, 0.3) is 10.8 Å². The number of aryl methyl sites for hydroxylation is 2. The van der Waals surface area contributed by atoms with E-state index in [4.69, 9.17) is 19.3 Å². The van der Waals surface area contributed by atoms with Crippen LogP contribution in [0.15, 0.2) is 54.9 Å². The van der Waals surface area contributed by atoms with Crippen molar-refractivity contribution in [2.24, 2.45) is 0 Å². The van der Waals surface area contributed by atoms with Gasteiger partial charge in [0.1, 0.15) is 11.5 Å². The molecule has 0 radical (unpaired) electrons. The summed E-state index contributed by atoms with van der Waals surface area (Å²) in [5.41, 5.74) is 2.71. The van der Waals surface area contributed by atoms with Crippen molar-refractivity contribution in [2.45, 2.75) is 51.6 Å². The standard InChI is InChI=1S/C29H40N2O5S/c1-2-3-4-7-24-9-11-27-21-25(10-12-26(27)20-24)8-5-16-35-22-28(36-29-30-13-6-14-31-29)23-37(33)19-18-34-17-15-32/h6,9-14,20-21,28,32H,2-5,7-8,15-19,22-23H2,1H3. The predicted octanol–water partition coefficient (Wildman–Crippen LogP) is 4.52. The van der Waals surface area contributed by atoms with Gasteiger partial charge in [0.25, 0.3) is 0 Å². The van der Waals surface area contributed by atoms with Crippen LogP contribution in [0.5, 0.6) is 6.01 Å². The Labute approximate surface area is 223 Å². The van der Waals surface area contributed by atoms with E-state index in [0.717, 1.165) is 19.3 Å². The maximum absolute atomic E-state index is 12.5. The molecule has 0 bridgehead atoms. The zero-order valence-electron chi connectivity index (χ0n) is 21.8. The van der Waals surface area contributed by atoms with Crippen LogP contribution in [0.4, 0.5) is 0 Å². The summed E-state index contributed by atoms with van der Waals surface area (Å²) in [6.45, 7) is 3.65. The second-order valence-corrected chi connectivity index (χ2v) is 10.7. The van der Waals surface area contributed by atoms with Crippen LogP contribution in [0.2, 0.25) is 0 Å². The van der Waals surface area contributed by atoms with Crippen molar-refractivity contribution < 1.29 is 23.9 Å². The summed E-state index contributed by atoms with van der Waals surface area (Å²) in [5, 5.41) is 11.4. The third-order valence-electron chi connectivity index (χ3n) is 5.97. The number of aromatic nitrogens is 2. The number of ether oxygens (including phenoxy) is 3. The van der Waals surface area contributed by atoms with Crippen molar-refractivity contribution in [3.8, 4) is 6.01 Å². The highest BCUT2D eigenvalue weighted by molar-refractivity contribution is 7.91. The van der Waals surface area contributed by atoms with Crippen molar-refractivity contribution in [2.75, 3.05) is 44.5 Å². The van der Waals surface area contributed by atoms with E-state index in [2.05, 4.69) is 53.3 Å². The fourth-order valence-electron chi connectivity index (χ4n) is 4.05. The number of nitrogens with zero attached hydrogens (tertiary/aromatic N) is 2. The molecule has 0 saturated carbocycles. The first-order valence-electron chi connectivity index (χ1n) is 13.2. The van der Waals surface area contributed by atoms with E-state index in [1.165, 1.54) is 41.2 Å². The largest absolute Gasteiger partial charge is 0.616 e. The minimum atomic E-state index is -1.15. The molecule has 0 aliphatic carbocycles. The van der Waals surface area contributed by atoms with Gasteiger partial charge in [-0.15, -0.1) is 0 Å². The number of unbranched alkanes of at least 4 members (excludes halogenated alkanes) is 2. The quantitative estimate of drug-likeness (QED) is 0.181. The molecule has 202 valence electrons. The van der Waals surface area contributed by atoms with Crippen LogP contribution in [-0.4, -0.2) is 70.3 Å². The van der Waals surface area contributed by atoms with Gasteiger partial charge in [0.2, 0.25) is 0 Å². The lowest BCUT2D eigenvalue weighted by Crippen LogP contribution is -2.34. The number of rotatable bonds is 19. The normalized spacial score (nSPS) is 13.1. The van der Waals surface area contributed by atoms with Crippen molar-refractivity contribution in [1.29, 1.82) is 0 Å². The monoisotopic (exact) mass is 528 g/mol. The van der Waals surface area contributed by atoms with Gasteiger partial charge >= 0.3 is 6.01 Å². The van der Waals surface area contributed by atoms with Gasteiger partial charge in [0, 0.05) is 19.0 Å². The molecule has 1 N–H and O–H groups in total. The van der Waals surface area contributed by atoms with Crippen molar-refractivity contribution in [3.05, 3.63) is 66.0 Å². The Morgan fingerprint density at radius 1 is 0.892 bits per heavy atom. The van der Waals surface area contributed by atoms with Gasteiger partial charge in [0.05, 0.1) is 26.4 Å². The smallest absolute Gasteiger partial charge is 0.316 e. The van der Waals surface area contributed by atoms with E-state index >= 15 is 0 Å². The molecule has 8 heteroatoms. The van der Waals surface area contributed by atoms with Gasteiger partial charge in [-0.1, -0.05) is 56.2 Å². The summed E-state index contributed by atoms with van der Waals surface area (Å²) in [6, 6.07) is 15.5. The molecule has 2 aromatic carbocycles. The van der Waals surface area contributed by atoms with Gasteiger partial charge in [-0.2, -0.15) is 0 Å². The van der Waals surface area contributed by atoms with Crippen LogP contribution in [0.3, 0.4) is 0 Å². The van der Waals surface area contributed by atoms with Crippen LogP contribution >= 0.6 is 0 Å². The highest BCUT2D eigenvalue weighted by atomic mass is 32.2. The summed E-state index contributed by atoms with van der Waals surface area (Å²) in [7, 11) is 0. The minimum absolute atomic E-state index is 0.0448. The Kier molecular flexibility index (Phi) is 13.7. The summed E-state index contributed by atoms with van der Waals surface area (Å²) in [6.07, 6.45) is 9.53. The Balaban J connectivity index is 1.43. The van der Waals surface area contributed by atoms with Gasteiger partial charge in [-0.05, 0) is 64.8 Å². The first-order chi connectivity index (χ1) is 18.2. The molecule has 2 unspecified atom stereocenters. The predicted molar refractivity (Wildman–Crippen MR) is 149 cm³/mol. The van der Waals surface area contributed by atoms with E-state index in [9.17, 15) is 4.55 Å². The van der Waals surface area contributed by atoms with Crippen molar-refractivity contribution in [3.63, 3.8) is 0 Å². The molecule has 7 nitrogen and oxygen atoms in total. The third kappa shape index (κ3) is 11.4. The number of aliphatic hydroxyl groups is 1. The number of benzene rings is 2. The average molecular weight is 529 g/mol. The van der Waals surface area contributed by atoms with Crippen molar-refractivity contribution in [1.82, 2.24) is 9.97 Å². The summed E-state index contributed by atoms with van der Waals surface area (Å²) in [4.78, 5) is 8.21. The zero-order chi connectivity index (χ0) is 26.1. The maximum atomic E-state index is 12.5. The van der Waals surface area contributed by atoms with Gasteiger partial charge in [-0.25, -0.2) is 9.97 Å². The van der Waals surface area contributed by atoms with E-state index in [1.807, 2.05) is 0 Å². The molecule has 1 heterocycles. The zero-order valence-corrected chi connectivity index (χ0v) is 22.7. The highest BCUT2D eigenvalue weighted by Crippen LogP contribution is 2.20. The second kappa shape index (κ2) is 17.3. The van der Waals surface area contributed by atoms with E-state index in [-0.39, 0.29) is 19.2 Å². The number of hydrogen-bond donors (Lipinski definition) is 1. The molecule has 3 rings (SSSR count). The molecule has 3 aromatic rings. The van der Waals surface area contributed by atoms with Gasteiger partial charge in [-0.3, -0.25) is 0 Å². The Hall–Kier alpha value is -2.23. The second-order valence-electron chi connectivity index (χ2n) is 9.07. The fourth-order valence-corrected chi connectivity index (χ4v) is 5.10. The van der Waals surface area contributed by atoms with Crippen molar-refractivity contribution >= 4 is 21.9 Å². The lowest BCUT2D eigenvalue weighted by Gasteiger charge is -2.20. The number of fused-ring (bicyclic) bond motifs is 1. The molecule has 0 saturated heterocycles. The topological polar surface area (TPSA) is 96.8 Å². The van der Waals surface area contributed by atoms with Crippen LogP contribution in [0.1, 0.15) is 43.7 Å². The lowest BCUT2D eigenvalue weighted by atomic mass is 10.00. The Morgan fingerprint density at radius 3 is 2.27 bits per heavy atom. The highest BCUT2D eigenvalue weighted by Gasteiger charge is 2.20. The Bertz CT molecular complexity index is 1020. The molecule has 0 spiro atoms. The number of hydrogen-bond acceptors (Lipinski definition) is 7. The first-order valence-corrected chi connectivity index (χ1v) is 14.7. The van der Waals surface area contributed by atoms with Crippen LogP contribution < -0.4 is 4.74 Å².